The Morgan fingerprint density at radius 1 is 1.23 bits per heavy atom. The van der Waals surface area contributed by atoms with E-state index in [0.29, 0.717) is 18.0 Å². The van der Waals surface area contributed by atoms with Crippen molar-refractivity contribution in [2.75, 3.05) is 35.6 Å². The number of nitrogens with one attached hydrogen (secondary N) is 2. The summed E-state index contributed by atoms with van der Waals surface area (Å²) in [4.78, 5) is 2.74. The molecule has 0 spiro atoms. The molecule has 2 aromatic rings. The second-order valence-electron chi connectivity index (χ2n) is 7.76. The van der Waals surface area contributed by atoms with Crippen LogP contribution in [0.3, 0.4) is 0 Å². The Bertz CT molecular complexity index is 791. The van der Waals surface area contributed by atoms with Crippen molar-refractivity contribution in [2.24, 2.45) is 0 Å². The number of fused-ring (bicyclic) bond motifs is 3. The summed E-state index contributed by atoms with van der Waals surface area (Å²) in [5.41, 5.74) is 7.29. The predicted molar refractivity (Wildman–Crippen MR) is 112 cm³/mol. The standard InChI is InChI=1S/C22H27N3S/c1-15(16-5-3-2-4-6-16)24-18-11-17-14-26-10-9-25-21-7-8-23-13-20(21)19(12-18)22(17)25/h2-6,11-12,15,20-21,23-24H,7-10,13-14H2,1H3/t15-,20+,21+/m1/s1. The van der Waals surface area contributed by atoms with E-state index in [0.717, 1.165) is 18.8 Å². The Labute approximate surface area is 160 Å². The van der Waals surface area contributed by atoms with E-state index in [1.54, 1.807) is 11.3 Å². The van der Waals surface area contributed by atoms with E-state index in [2.05, 4.69) is 76.7 Å². The molecule has 0 saturated carbocycles. The maximum absolute atomic E-state index is 3.77. The molecule has 3 nitrogen and oxygen atoms in total. The Kier molecular flexibility index (Phi) is 4.33. The van der Waals surface area contributed by atoms with Crippen LogP contribution in [0.1, 0.15) is 42.0 Å². The molecule has 3 aliphatic heterocycles. The van der Waals surface area contributed by atoms with Crippen LogP contribution in [0.4, 0.5) is 11.4 Å². The van der Waals surface area contributed by atoms with Gasteiger partial charge in [-0.05, 0) is 48.7 Å². The topological polar surface area (TPSA) is 27.3 Å². The highest BCUT2D eigenvalue weighted by molar-refractivity contribution is 7.98. The first-order valence-corrected chi connectivity index (χ1v) is 11.0. The molecule has 136 valence electrons. The number of hydrogen-bond donors (Lipinski definition) is 2. The molecule has 3 aliphatic rings. The van der Waals surface area contributed by atoms with Gasteiger partial charge in [0.25, 0.3) is 0 Å². The molecule has 3 atom stereocenters. The summed E-state index contributed by atoms with van der Waals surface area (Å²) < 4.78 is 0. The molecule has 0 bridgehead atoms. The third kappa shape index (κ3) is 2.80. The zero-order valence-corrected chi connectivity index (χ0v) is 16.2. The van der Waals surface area contributed by atoms with Gasteiger partial charge in [-0.3, -0.25) is 0 Å². The molecule has 3 heterocycles. The second kappa shape index (κ2) is 6.82. The minimum absolute atomic E-state index is 0.317. The Morgan fingerprint density at radius 2 is 2.12 bits per heavy atom. The van der Waals surface area contributed by atoms with E-state index in [4.69, 9.17) is 0 Å². The van der Waals surface area contributed by atoms with Gasteiger partial charge in [-0.1, -0.05) is 30.3 Å². The summed E-state index contributed by atoms with van der Waals surface area (Å²) in [7, 11) is 0. The van der Waals surface area contributed by atoms with Crippen LogP contribution in [-0.2, 0) is 5.75 Å². The number of rotatable bonds is 3. The first kappa shape index (κ1) is 16.5. The Morgan fingerprint density at radius 3 is 3.00 bits per heavy atom. The lowest BCUT2D eigenvalue weighted by molar-refractivity contribution is 0.406. The average Bonchev–Trinajstić information content (AvgIpc) is 2.84. The lowest BCUT2D eigenvalue weighted by Crippen LogP contribution is -2.44. The predicted octanol–water partition coefficient (Wildman–Crippen LogP) is 4.37. The van der Waals surface area contributed by atoms with Crippen molar-refractivity contribution < 1.29 is 0 Å². The maximum Gasteiger partial charge on any atom is 0.0485 e. The van der Waals surface area contributed by atoms with E-state index < -0.39 is 0 Å². The van der Waals surface area contributed by atoms with Crippen LogP contribution in [0.25, 0.3) is 0 Å². The Balaban J connectivity index is 1.51. The van der Waals surface area contributed by atoms with Crippen LogP contribution in [0.2, 0.25) is 0 Å². The van der Waals surface area contributed by atoms with E-state index >= 15 is 0 Å². The number of nitrogens with zero attached hydrogens (tertiary/aromatic N) is 1. The number of hydrogen-bond acceptors (Lipinski definition) is 4. The molecule has 5 rings (SSSR count). The van der Waals surface area contributed by atoms with Gasteiger partial charge in [0.05, 0.1) is 0 Å². The lowest BCUT2D eigenvalue weighted by atomic mass is 9.89. The lowest BCUT2D eigenvalue weighted by Gasteiger charge is -2.33. The van der Waals surface area contributed by atoms with Gasteiger partial charge in [-0.15, -0.1) is 0 Å². The molecule has 2 N–H and O–H groups in total. The van der Waals surface area contributed by atoms with Crippen LogP contribution < -0.4 is 15.5 Å². The van der Waals surface area contributed by atoms with E-state index in [1.165, 1.54) is 35.5 Å². The highest BCUT2D eigenvalue weighted by atomic mass is 32.2. The smallest absolute Gasteiger partial charge is 0.0485 e. The van der Waals surface area contributed by atoms with Crippen LogP contribution in [0, 0.1) is 0 Å². The average molecular weight is 366 g/mol. The maximum atomic E-state index is 3.77. The number of anilines is 2. The van der Waals surface area contributed by atoms with E-state index in [-0.39, 0.29) is 0 Å². The van der Waals surface area contributed by atoms with E-state index in [9.17, 15) is 0 Å². The molecule has 0 aromatic heterocycles. The second-order valence-corrected chi connectivity index (χ2v) is 8.87. The number of piperidine rings is 1. The van der Waals surface area contributed by atoms with Crippen molar-refractivity contribution in [3.05, 3.63) is 59.2 Å². The molecule has 2 aromatic carbocycles. The number of benzene rings is 2. The summed E-state index contributed by atoms with van der Waals surface area (Å²) in [6, 6.07) is 16.6. The van der Waals surface area contributed by atoms with Gasteiger partial charge in [0, 0.05) is 54.0 Å². The minimum Gasteiger partial charge on any atom is -0.379 e. The van der Waals surface area contributed by atoms with Crippen molar-refractivity contribution in [1.29, 1.82) is 0 Å². The summed E-state index contributed by atoms with van der Waals surface area (Å²) in [5.74, 6) is 3.03. The van der Waals surface area contributed by atoms with Crippen molar-refractivity contribution in [1.82, 2.24) is 5.32 Å². The van der Waals surface area contributed by atoms with Crippen molar-refractivity contribution in [3.8, 4) is 0 Å². The van der Waals surface area contributed by atoms with Crippen molar-refractivity contribution in [3.63, 3.8) is 0 Å². The normalized spacial score (nSPS) is 25.2. The first-order valence-electron chi connectivity index (χ1n) is 9.84. The Hall–Kier alpha value is -1.65. The number of thioether (sulfide) groups is 1. The molecule has 0 unspecified atom stereocenters. The molecular formula is C22H27N3S. The minimum atomic E-state index is 0.317. The quantitative estimate of drug-likeness (QED) is 0.844. The summed E-state index contributed by atoms with van der Waals surface area (Å²) >= 11 is 2.08. The van der Waals surface area contributed by atoms with Crippen LogP contribution >= 0.6 is 11.8 Å². The van der Waals surface area contributed by atoms with E-state index in [1.807, 2.05) is 0 Å². The zero-order valence-electron chi connectivity index (χ0n) is 15.4. The first-order chi connectivity index (χ1) is 12.8. The molecule has 1 saturated heterocycles. The molecule has 0 aliphatic carbocycles. The summed E-state index contributed by atoms with van der Waals surface area (Å²) in [5, 5.41) is 7.40. The largest absolute Gasteiger partial charge is 0.379 e. The molecular weight excluding hydrogens is 338 g/mol. The molecule has 4 heteroatoms. The zero-order chi connectivity index (χ0) is 17.5. The van der Waals surface area contributed by atoms with Gasteiger partial charge < -0.3 is 15.5 Å². The third-order valence-electron chi connectivity index (χ3n) is 6.17. The fourth-order valence-corrected chi connectivity index (χ4v) is 5.85. The molecule has 1 fully saturated rings. The van der Waals surface area contributed by atoms with Crippen molar-refractivity contribution in [2.45, 2.75) is 37.1 Å². The van der Waals surface area contributed by atoms with Crippen molar-refractivity contribution >= 4 is 23.1 Å². The molecule has 0 amide bonds. The highest BCUT2D eigenvalue weighted by Gasteiger charge is 2.41. The van der Waals surface area contributed by atoms with Gasteiger partial charge in [0.15, 0.2) is 0 Å². The van der Waals surface area contributed by atoms with Crippen LogP contribution in [0.5, 0.6) is 0 Å². The fourth-order valence-electron chi connectivity index (χ4n) is 4.94. The SMILES string of the molecule is C[C@@H](Nc1cc2c3c(c1)[C@@H]1CNCC[C@@H]1N3CCSC2)c1ccccc1. The van der Waals surface area contributed by atoms with Gasteiger partial charge in [0.2, 0.25) is 0 Å². The van der Waals surface area contributed by atoms with Crippen LogP contribution in [0.15, 0.2) is 42.5 Å². The van der Waals surface area contributed by atoms with Gasteiger partial charge in [-0.25, -0.2) is 0 Å². The summed E-state index contributed by atoms with van der Waals surface area (Å²) in [6.45, 7) is 5.74. The van der Waals surface area contributed by atoms with Gasteiger partial charge in [-0.2, -0.15) is 11.8 Å². The van der Waals surface area contributed by atoms with Gasteiger partial charge >= 0.3 is 0 Å². The monoisotopic (exact) mass is 365 g/mol. The molecule has 26 heavy (non-hydrogen) atoms. The van der Waals surface area contributed by atoms with Gasteiger partial charge in [0.1, 0.15) is 0 Å². The van der Waals surface area contributed by atoms with Crippen LogP contribution in [-0.4, -0.2) is 31.4 Å². The highest BCUT2D eigenvalue weighted by Crippen LogP contribution is 2.48. The molecule has 0 radical (unpaired) electrons. The fraction of sp³-hybridized carbons (Fsp3) is 0.455. The third-order valence-corrected chi connectivity index (χ3v) is 7.15. The summed E-state index contributed by atoms with van der Waals surface area (Å²) in [6.07, 6.45) is 1.27.